The summed E-state index contributed by atoms with van der Waals surface area (Å²) in [4.78, 5) is 11.9. The topological polar surface area (TPSA) is 102 Å². The third-order valence-corrected chi connectivity index (χ3v) is 2.49. The van der Waals surface area contributed by atoms with Crippen LogP contribution in [0.25, 0.3) is 0 Å². The highest BCUT2D eigenvalue weighted by Crippen LogP contribution is 2.18. The number of methoxy groups -OCH3 is 1. The van der Waals surface area contributed by atoms with Crippen molar-refractivity contribution in [1.29, 1.82) is 0 Å². The number of nitrogen functional groups attached to an aromatic ring is 1. The number of benzene rings is 1. The van der Waals surface area contributed by atoms with Crippen LogP contribution in [0.15, 0.2) is 30.3 Å². The van der Waals surface area contributed by atoms with E-state index in [9.17, 15) is 4.79 Å². The number of rotatable bonds is 6. The van der Waals surface area contributed by atoms with E-state index in [2.05, 4.69) is 15.5 Å². The van der Waals surface area contributed by atoms with Crippen molar-refractivity contribution in [2.75, 3.05) is 31.4 Å². The average Bonchev–Trinajstić information content (AvgIpc) is 2.86. The van der Waals surface area contributed by atoms with Gasteiger partial charge in [-0.15, -0.1) is 0 Å². The van der Waals surface area contributed by atoms with E-state index in [-0.39, 0.29) is 11.7 Å². The van der Waals surface area contributed by atoms with Crippen LogP contribution in [0.3, 0.4) is 0 Å². The Hall–Kier alpha value is -2.54. The van der Waals surface area contributed by atoms with Crippen molar-refractivity contribution in [3.63, 3.8) is 0 Å². The molecule has 1 aromatic carbocycles. The number of amides is 1. The molecule has 0 aliphatic rings. The van der Waals surface area contributed by atoms with Crippen LogP contribution >= 0.6 is 0 Å². The van der Waals surface area contributed by atoms with Crippen molar-refractivity contribution >= 4 is 17.4 Å². The summed E-state index contributed by atoms with van der Waals surface area (Å²) in [7, 11) is 1.61. The zero-order valence-electron chi connectivity index (χ0n) is 11.1. The van der Waals surface area contributed by atoms with Crippen LogP contribution in [0.1, 0.15) is 10.5 Å². The smallest absolute Gasteiger partial charge is 0.273 e. The van der Waals surface area contributed by atoms with Crippen molar-refractivity contribution in [3.8, 4) is 5.75 Å². The Morgan fingerprint density at radius 3 is 2.95 bits per heavy atom. The summed E-state index contributed by atoms with van der Waals surface area (Å²) in [5.41, 5.74) is 6.37. The fourth-order valence-corrected chi connectivity index (χ4v) is 1.56. The molecule has 2 aromatic rings. The van der Waals surface area contributed by atoms with Crippen LogP contribution in [0, 0.1) is 0 Å². The Labute approximate surface area is 116 Å². The molecule has 1 aromatic heterocycles. The minimum absolute atomic E-state index is 0.270. The predicted octanol–water partition coefficient (Wildman–Crippen LogP) is 1.27. The Bertz CT molecular complexity index is 583. The van der Waals surface area contributed by atoms with Gasteiger partial charge in [0.15, 0.2) is 0 Å². The van der Waals surface area contributed by atoms with Crippen molar-refractivity contribution in [2.45, 2.75) is 0 Å². The van der Waals surface area contributed by atoms with E-state index < -0.39 is 0 Å². The van der Waals surface area contributed by atoms with Gasteiger partial charge in [0, 0.05) is 24.9 Å². The number of aromatic amines is 1. The monoisotopic (exact) mass is 276 g/mol. The molecule has 0 radical (unpaired) electrons. The number of nitrogens with two attached hydrogens (primary N) is 1. The molecule has 0 unspecified atom stereocenters. The van der Waals surface area contributed by atoms with E-state index in [1.165, 1.54) is 6.07 Å². The summed E-state index contributed by atoms with van der Waals surface area (Å²) in [6, 6.07) is 8.56. The van der Waals surface area contributed by atoms with E-state index in [4.69, 9.17) is 15.2 Å². The van der Waals surface area contributed by atoms with Crippen LogP contribution in [0.4, 0.5) is 11.5 Å². The first-order chi connectivity index (χ1) is 9.69. The molecule has 0 aliphatic heterocycles. The fraction of sp³-hybridized carbons (Fsp3) is 0.231. The molecule has 0 spiro atoms. The second-order valence-corrected chi connectivity index (χ2v) is 4.03. The number of aromatic nitrogens is 2. The number of anilines is 2. The quantitative estimate of drug-likeness (QED) is 0.689. The van der Waals surface area contributed by atoms with Gasteiger partial charge in [0.05, 0.1) is 6.61 Å². The van der Waals surface area contributed by atoms with Crippen LogP contribution in [-0.2, 0) is 4.74 Å². The fourth-order valence-electron chi connectivity index (χ4n) is 1.56. The summed E-state index contributed by atoms with van der Waals surface area (Å²) in [5.74, 6) is 0.610. The van der Waals surface area contributed by atoms with Crippen molar-refractivity contribution in [1.82, 2.24) is 10.2 Å². The lowest BCUT2D eigenvalue weighted by molar-refractivity contribution is 0.102. The summed E-state index contributed by atoms with van der Waals surface area (Å²) >= 11 is 0. The second kappa shape index (κ2) is 6.58. The number of hydrogen-bond donors (Lipinski definition) is 3. The lowest BCUT2D eigenvalue weighted by Crippen LogP contribution is -2.12. The maximum absolute atomic E-state index is 11.9. The van der Waals surface area contributed by atoms with Gasteiger partial charge in [-0.3, -0.25) is 9.89 Å². The minimum Gasteiger partial charge on any atom is -0.491 e. The maximum atomic E-state index is 11.9. The molecule has 0 bridgehead atoms. The normalized spacial score (nSPS) is 10.2. The first-order valence-electron chi connectivity index (χ1n) is 6.03. The number of H-pyrrole nitrogens is 1. The van der Waals surface area contributed by atoms with Crippen molar-refractivity contribution in [2.24, 2.45) is 0 Å². The van der Waals surface area contributed by atoms with Gasteiger partial charge in [0.1, 0.15) is 23.9 Å². The third kappa shape index (κ3) is 3.72. The molecule has 20 heavy (non-hydrogen) atoms. The third-order valence-electron chi connectivity index (χ3n) is 2.49. The van der Waals surface area contributed by atoms with E-state index in [1.54, 1.807) is 31.4 Å². The Morgan fingerprint density at radius 2 is 2.25 bits per heavy atom. The zero-order valence-corrected chi connectivity index (χ0v) is 11.1. The molecule has 1 heterocycles. The molecule has 0 atom stereocenters. The predicted molar refractivity (Wildman–Crippen MR) is 74.8 cm³/mol. The zero-order chi connectivity index (χ0) is 14.4. The molecule has 2 rings (SSSR count). The highest BCUT2D eigenvalue weighted by Gasteiger charge is 2.09. The number of hydrogen-bond acceptors (Lipinski definition) is 5. The average molecular weight is 276 g/mol. The summed E-state index contributed by atoms with van der Waals surface area (Å²) in [6.45, 7) is 0.953. The molecular weight excluding hydrogens is 260 g/mol. The van der Waals surface area contributed by atoms with Crippen LogP contribution < -0.4 is 15.8 Å². The Morgan fingerprint density at radius 1 is 1.40 bits per heavy atom. The molecule has 0 saturated carbocycles. The molecule has 0 fully saturated rings. The largest absolute Gasteiger partial charge is 0.491 e. The molecule has 7 heteroatoms. The standard InChI is InChI=1S/C13H16N4O3/c1-19-5-6-20-10-4-2-3-9(7-10)15-13(18)11-8-12(14)17-16-11/h2-4,7-8H,5-6H2,1H3,(H,15,18)(H3,14,16,17). The van der Waals surface area contributed by atoms with E-state index in [0.29, 0.717) is 30.3 Å². The minimum atomic E-state index is -0.316. The van der Waals surface area contributed by atoms with Crippen molar-refractivity contribution in [3.05, 3.63) is 36.0 Å². The van der Waals surface area contributed by atoms with E-state index in [1.807, 2.05) is 0 Å². The van der Waals surface area contributed by atoms with Crippen molar-refractivity contribution < 1.29 is 14.3 Å². The van der Waals surface area contributed by atoms with Crippen LogP contribution in [0.2, 0.25) is 0 Å². The summed E-state index contributed by atoms with van der Waals surface area (Å²) in [5, 5.41) is 8.97. The van der Waals surface area contributed by atoms with Crippen LogP contribution in [-0.4, -0.2) is 36.4 Å². The Kier molecular flexibility index (Phi) is 4.56. The first-order valence-corrected chi connectivity index (χ1v) is 6.03. The van der Waals surface area contributed by atoms with Gasteiger partial charge >= 0.3 is 0 Å². The summed E-state index contributed by atoms with van der Waals surface area (Å²) < 4.78 is 10.4. The Balaban J connectivity index is 1.98. The number of carbonyl (C=O) groups excluding carboxylic acids is 1. The first kappa shape index (κ1) is 13.9. The molecule has 7 nitrogen and oxygen atoms in total. The highest BCUT2D eigenvalue weighted by atomic mass is 16.5. The second-order valence-electron chi connectivity index (χ2n) is 4.03. The van der Waals surface area contributed by atoms with E-state index in [0.717, 1.165) is 0 Å². The number of nitrogens with one attached hydrogen (secondary N) is 2. The van der Waals surface area contributed by atoms with Gasteiger partial charge < -0.3 is 20.5 Å². The van der Waals surface area contributed by atoms with Gasteiger partial charge in [-0.25, -0.2) is 0 Å². The molecular formula is C13H16N4O3. The molecule has 4 N–H and O–H groups in total. The number of nitrogens with zero attached hydrogens (tertiary/aromatic N) is 1. The van der Waals surface area contributed by atoms with Gasteiger partial charge in [0.2, 0.25) is 0 Å². The molecule has 0 aliphatic carbocycles. The number of carbonyl (C=O) groups is 1. The highest BCUT2D eigenvalue weighted by molar-refractivity contribution is 6.03. The molecule has 1 amide bonds. The van der Waals surface area contributed by atoms with Crippen LogP contribution in [0.5, 0.6) is 5.75 Å². The maximum Gasteiger partial charge on any atom is 0.273 e. The molecule has 106 valence electrons. The SMILES string of the molecule is COCCOc1cccc(NC(=O)c2cc(N)n[nH]2)c1. The summed E-state index contributed by atoms with van der Waals surface area (Å²) in [6.07, 6.45) is 0. The van der Waals surface area contributed by atoms with Gasteiger partial charge in [0.25, 0.3) is 5.91 Å². The van der Waals surface area contributed by atoms with Gasteiger partial charge in [-0.05, 0) is 12.1 Å². The van der Waals surface area contributed by atoms with Gasteiger partial charge in [-0.2, -0.15) is 5.10 Å². The lowest BCUT2D eigenvalue weighted by Gasteiger charge is -2.08. The molecule has 0 saturated heterocycles. The number of ether oxygens (including phenoxy) is 2. The lowest BCUT2D eigenvalue weighted by atomic mass is 10.3. The van der Waals surface area contributed by atoms with E-state index >= 15 is 0 Å². The van der Waals surface area contributed by atoms with Gasteiger partial charge in [-0.1, -0.05) is 6.07 Å².